The first-order valence-corrected chi connectivity index (χ1v) is 6.60. The molecule has 100 valence electrons. The summed E-state index contributed by atoms with van der Waals surface area (Å²) in [5.74, 6) is 1.55. The highest BCUT2D eigenvalue weighted by Crippen LogP contribution is 2.13. The molecule has 0 spiro atoms. The van der Waals surface area contributed by atoms with Gasteiger partial charge in [-0.1, -0.05) is 32.9 Å². The van der Waals surface area contributed by atoms with Crippen LogP contribution < -0.4 is 10.1 Å². The predicted molar refractivity (Wildman–Crippen MR) is 73.8 cm³/mol. The Labute approximate surface area is 110 Å². The molecular formula is C15H23NO2. The first kappa shape index (κ1) is 14.6. The van der Waals surface area contributed by atoms with E-state index >= 15 is 0 Å². The summed E-state index contributed by atoms with van der Waals surface area (Å²) in [6.07, 6.45) is 1.40. The first-order valence-electron chi connectivity index (χ1n) is 6.60. The zero-order valence-electron chi connectivity index (χ0n) is 11.5. The molecule has 18 heavy (non-hydrogen) atoms. The SMILES string of the molecule is CCC(=O)NCCc1ccc(OCC(C)C)cc1. The molecule has 0 aromatic heterocycles. The Bertz CT molecular complexity index is 357. The third-order valence-corrected chi connectivity index (χ3v) is 2.56. The fourth-order valence-corrected chi connectivity index (χ4v) is 1.49. The molecule has 1 aromatic rings. The van der Waals surface area contributed by atoms with Crippen molar-refractivity contribution in [3.8, 4) is 5.75 Å². The minimum absolute atomic E-state index is 0.104. The molecule has 0 saturated heterocycles. The summed E-state index contributed by atoms with van der Waals surface area (Å²) >= 11 is 0. The van der Waals surface area contributed by atoms with Crippen LogP contribution in [0, 0.1) is 5.92 Å². The van der Waals surface area contributed by atoms with Crippen LogP contribution in [0.15, 0.2) is 24.3 Å². The van der Waals surface area contributed by atoms with Crippen LogP contribution in [-0.2, 0) is 11.2 Å². The van der Waals surface area contributed by atoms with Gasteiger partial charge >= 0.3 is 0 Å². The van der Waals surface area contributed by atoms with Crippen LogP contribution in [0.4, 0.5) is 0 Å². The molecule has 1 N–H and O–H groups in total. The molecule has 0 heterocycles. The lowest BCUT2D eigenvalue weighted by atomic mass is 10.1. The molecule has 1 amide bonds. The summed E-state index contributed by atoms with van der Waals surface area (Å²) in [6.45, 7) is 7.55. The molecule has 1 aromatic carbocycles. The molecule has 0 unspecified atom stereocenters. The van der Waals surface area contributed by atoms with Gasteiger partial charge in [0.1, 0.15) is 5.75 Å². The number of hydrogen-bond acceptors (Lipinski definition) is 2. The molecular weight excluding hydrogens is 226 g/mol. The minimum Gasteiger partial charge on any atom is -0.493 e. The van der Waals surface area contributed by atoms with Crippen molar-refractivity contribution in [2.75, 3.05) is 13.2 Å². The van der Waals surface area contributed by atoms with E-state index in [2.05, 4.69) is 19.2 Å². The Morgan fingerprint density at radius 3 is 2.50 bits per heavy atom. The smallest absolute Gasteiger partial charge is 0.219 e. The average Bonchev–Trinajstić information content (AvgIpc) is 2.37. The van der Waals surface area contributed by atoms with Gasteiger partial charge < -0.3 is 10.1 Å². The highest BCUT2D eigenvalue weighted by Gasteiger charge is 1.99. The summed E-state index contributed by atoms with van der Waals surface area (Å²) in [5, 5.41) is 2.87. The molecule has 0 bridgehead atoms. The molecule has 0 aliphatic rings. The fourth-order valence-electron chi connectivity index (χ4n) is 1.49. The molecule has 3 heteroatoms. The molecule has 0 aliphatic heterocycles. The van der Waals surface area contributed by atoms with Crippen molar-refractivity contribution in [1.82, 2.24) is 5.32 Å². The third-order valence-electron chi connectivity index (χ3n) is 2.56. The lowest BCUT2D eigenvalue weighted by Gasteiger charge is -2.09. The van der Waals surface area contributed by atoms with E-state index in [9.17, 15) is 4.79 Å². The van der Waals surface area contributed by atoms with Gasteiger partial charge in [-0.2, -0.15) is 0 Å². The van der Waals surface area contributed by atoms with Gasteiger partial charge in [0.25, 0.3) is 0 Å². The summed E-state index contributed by atoms with van der Waals surface area (Å²) < 4.78 is 5.61. The second-order valence-electron chi connectivity index (χ2n) is 4.80. The number of ether oxygens (including phenoxy) is 1. The van der Waals surface area contributed by atoms with E-state index in [4.69, 9.17) is 4.74 Å². The number of rotatable bonds is 7. The summed E-state index contributed by atoms with van der Waals surface area (Å²) in [4.78, 5) is 11.1. The maximum atomic E-state index is 11.1. The van der Waals surface area contributed by atoms with Gasteiger partial charge in [-0.3, -0.25) is 4.79 Å². The maximum Gasteiger partial charge on any atom is 0.219 e. The highest BCUT2D eigenvalue weighted by atomic mass is 16.5. The molecule has 0 saturated carbocycles. The second kappa shape index (κ2) is 7.75. The van der Waals surface area contributed by atoms with Crippen molar-refractivity contribution in [2.45, 2.75) is 33.6 Å². The van der Waals surface area contributed by atoms with E-state index in [1.807, 2.05) is 31.2 Å². The zero-order chi connectivity index (χ0) is 13.4. The molecule has 3 nitrogen and oxygen atoms in total. The van der Waals surface area contributed by atoms with Crippen molar-refractivity contribution in [3.05, 3.63) is 29.8 Å². The van der Waals surface area contributed by atoms with Gasteiger partial charge in [-0.25, -0.2) is 0 Å². The van der Waals surface area contributed by atoms with Crippen LogP contribution in [-0.4, -0.2) is 19.1 Å². The predicted octanol–water partition coefficient (Wildman–Crippen LogP) is 2.79. The third kappa shape index (κ3) is 5.71. The van der Waals surface area contributed by atoms with E-state index in [-0.39, 0.29) is 5.91 Å². The Balaban J connectivity index is 2.33. The average molecular weight is 249 g/mol. The van der Waals surface area contributed by atoms with Crippen LogP contribution >= 0.6 is 0 Å². The molecule has 0 atom stereocenters. The van der Waals surface area contributed by atoms with Crippen molar-refractivity contribution < 1.29 is 9.53 Å². The van der Waals surface area contributed by atoms with Crippen LogP contribution in [0.1, 0.15) is 32.8 Å². The van der Waals surface area contributed by atoms with Crippen molar-refractivity contribution in [3.63, 3.8) is 0 Å². The summed E-state index contributed by atoms with van der Waals surface area (Å²) in [6, 6.07) is 8.07. The quantitative estimate of drug-likeness (QED) is 0.807. The Hall–Kier alpha value is -1.51. The molecule has 0 aliphatic carbocycles. The highest BCUT2D eigenvalue weighted by molar-refractivity contribution is 5.75. The Morgan fingerprint density at radius 1 is 1.28 bits per heavy atom. The van der Waals surface area contributed by atoms with Gasteiger partial charge in [0.05, 0.1) is 6.61 Å². The zero-order valence-corrected chi connectivity index (χ0v) is 11.5. The first-order chi connectivity index (χ1) is 8.61. The van der Waals surface area contributed by atoms with Crippen LogP contribution in [0.5, 0.6) is 5.75 Å². The lowest BCUT2D eigenvalue weighted by Crippen LogP contribution is -2.24. The monoisotopic (exact) mass is 249 g/mol. The van der Waals surface area contributed by atoms with E-state index in [0.29, 0.717) is 18.9 Å². The Kier molecular flexibility index (Phi) is 6.26. The largest absolute Gasteiger partial charge is 0.493 e. The van der Waals surface area contributed by atoms with Crippen LogP contribution in [0.2, 0.25) is 0 Å². The number of amides is 1. The van der Waals surface area contributed by atoms with Gasteiger partial charge in [0.15, 0.2) is 0 Å². The fraction of sp³-hybridized carbons (Fsp3) is 0.533. The van der Waals surface area contributed by atoms with Gasteiger partial charge in [-0.05, 0) is 30.0 Å². The van der Waals surface area contributed by atoms with E-state index in [0.717, 1.165) is 18.8 Å². The van der Waals surface area contributed by atoms with Gasteiger partial charge in [0.2, 0.25) is 5.91 Å². The van der Waals surface area contributed by atoms with Crippen LogP contribution in [0.3, 0.4) is 0 Å². The lowest BCUT2D eigenvalue weighted by molar-refractivity contribution is -0.120. The topological polar surface area (TPSA) is 38.3 Å². The minimum atomic E-state index is 0.104. The van der Waals surface area contributed by atoms with Gasteiger partial charge in [-0.15, -0.1) is 0 Å². The van der Waals surface area contributed by atoms with Crippen LogP contribution in [0.25, 0.3) is 0 Å². The number of benzene rings is 1. The van der Waals surface area contributed by atoms with Crippen molar-refractivity contribution in [1.29, 1.82) is 0 Å². The number of nitrogens with one attached hydrogen (secondary N) is 1. The molecule has 1 rings (SSSR count). The van der Waals surface area contributed by atoms with E-state index in [1.54, 1.807) is 0 Å². The molecule has 0 fully saturated rings. The normalized spacial score (nSPS) is 10.4. The maximum absolute atomic E-state index is 11.1. The number of carbonyl (C=O) groups is 1. The Morgan fingerprint density at radius 2 is 1.94 bits per heavy atom. The van der Waals surface area contributed by atoms with Crippen molar-refractivity contribution in [2.24, 2.45) is 5.92 Å². The second-order valence-corrected chi connectivity index (χ2v) is 4.80. The van der Waals surface area contributed by atoms with E-state index in [1.165, 1.54) is 5.56 Å². The van der Waals surface area contributed by atoms with Crippen molar-refractivity contribution >= 4 is 5.91 Å². The standard InChI is InChI=1S/C15H23NO2/c1-4-15(17)16-10-9-13-5-7-14(8-6-13)18-11-12(2)3/h5-8,12H,4,9-11H2,1-3H3,(H,16,17). The summed E-state index contributed by atoms with van der Waals surface area (Å²) in [7, 11) is 0. The number of hydrogen-bond donors (Lipinski definition) is 1. The summed E-state index contributed by atoms with van der Waals surface area (Å²) in [5.41, 5.74) is 1.21. The number of carbonyl (C=O) groups excluding carboxylic acids is 1. The van der Waals surface area contributed by atoms with E-state index < -0.39 is 0 Å². The molecule has 0 radical (unpaired) electrons. The van der Waals surface area contributed by atoms with Gasteiger partial charge in [0, 0.05) is 13.0 Å².